The average Bonchev–Trinajstić information content (AvgIpc) is 2.73. The third kappa shape index (κ3) is 6.02. The van der Waals surface area contributed by atoms with Gasteiger partial charge in [0.2, 0.25) is 0 Å². The van der Waals surface area contributed by atoms with Crippen LogP contribution in [0.5, 0.6) is 0 Å². The Bertz CT molecular complexity index is 1190. The summed E-state index contributed by atoms with van der Waals surface area (Å²) in [5.74, 6) is -0.550. The van der Waals surface area contributed by atoms with Crippen LogP contribution in [0.3, 0.4) is 0 Å². The van der Waals surface area contributed by atoms with E-state index in [1.807, 2.05) is 44.2 Å². The second kappa shape index (κ2) is 9.89. The molecule has 31 heavy (non-hydrogen) atoms. The van der Waals surface area contributed by atoms with Crippen molar-refractivity contribution in [1.29, 1.82) is 0 Å². The first-order chi connectivity index (χ1) is 14.8. The summed E-state index contributed by atoms with van der Waals surface area (Å²) in [6.45, 7) is 3.34. The lowest BCUT2D eigenvalue weighted by Crippen LogP contribution is -2.39. The molecule has 0 aliphatic carbocycles. The number of anilines is 1. The lowest BCUT2D eigenvalue weighted by atomic mass is 10.2. The standard InChI is InChI=1S/C23H22BrN3O3S/c1-17-6-12-22(13-7-17)31(29,30)27(21-5-3-4-18(2)14-21)16-23(28)26-25-15-19-8-10-20(24)11-9-19/h3-15H,16H2,1-2H3,(H,26,28)/b25-15-. The van der Waals surface area contributed by atoms with Gasteiger partial charge in [-0.1, -0.05) is 57.9 Å². The number of carbonyl (C=O) groups is 1. The van der Waals surface area contributed by atoms with E-state index in [0.717, 1.165) is 25.5 Å². The van der Waals surface area contributed by atoms with Crippen molar-refractivity contribution in [2.24, 2.45) is 5.10 Å². The summed E-state index contributed by atoms with van der Waals surface area (Å²) in [6.07, 6.45) is 1.50. The zero-order valence-corrected chi connectivity index (χ0v) is 19.5. The van der Waals surface area contributed by atoms with Crippen molar-refractivity contribution >= 4 is 43.8 Å². The maximum atomic E-state index is 13.3. The molecule has 0 saturated heterocycles. The Hall–Kier alpha value is -2.97. The summed E-state index contributed by atoms with van der Waals surface area (Å²) >= 11 is 3.36. The number of nitrogens with one attached hydrogen (secondary N) is 1. The molecule has 0 aliphatic rings. The second-order valence-electron chi connectivity index (χ2n) is 7.01. The molecule has 3 aromatic rings. The van der Waals surface area contributed by atoms with Crippen molar-refractivity contribution in [3.05, 3.63) is 94.0 Å². The molecule has 160 valence electrons. The fourth-order valence-electron chi connectivity index (χ4n) is 2.83. The molecule has 0 fully saturated rings. The molecule has 0 atom stereocenters. The van der Waals surface area contributed by atoms with E-state index in [-0.39, 0.29) is 4.90 Å². The maximum absolute atomic E-state index is 13.3. The largest absolute Gasteiger partial charge is 0.271 e. The van der Waals surface area contributed by atoms with Gasteiger partial charge in [0.15, 0.2) is 0 Å². The highest BCUT2D eigenvalue weighted by Gasteiger charge is 2.27. The number of nitrogens with zero attached hydrogens (tertiary/aromatic N) is 2. The minimum Gasteiger partial charge on any atom is -0.271 e. The predicted molar refractivity (Wildman–Crippen MR) is 127 cm³/mol. The average molecular weight is 500 g/mol. The van der Waals surface area contributed by atoms with Gasteiger partial charge in [0.1, 0.15) is 6.54 Å². The summed E-state index contributed by atoms with van der Waals surface area (Å²) in [5, 5.41) is 3.94. The molecule has 1 N–H and O–H groups in total. The number of carbonyl (C=O) groups excluding carboxylic acids is 1. The maximum Gasteiger partial charge on any atom is 0.264 e. The summed E-state index contributed by atoms with van der Waals surface area (Å²) in [6, 6.07) is 20.9. The number of rotatable bonds is 7. The van der Waals surface area contributed by atoms with Gasteiger partial charge in [0.05, 0.1) is 16.8 Å². The summed E-state index contributed by atoms with van der Waals surface area (Å²) in [4.78, 5) is 12.7. The SMILES string of the molecule is Cc1ccc(S(=O)(=O)N(CC(=O)N/N=C\c2ccc(Br)cc2)c2cccc(C)c2)cc1. The third-order valence-corrected chi connectivity index (χ3v) is 6.78. The Balaban J connectivity index is 1.83. The van der Waals surface area contributed by atoms with Crippen LogP contribution in [0.15, 0.2) is 87.3 Å². The van der Waals surface area contributed by atoms with Crippen LogP contribution >= 0.6 is 15.9 Å². The molecule has 0 spiro atoms. The van der Waals surface area contributed by atoms with E-state index in [2.05, 4.69) is 26.5 Å². The Labute approximate surface area is 190 Å². The predicted octanol–water partition coefficient (Wildman–Crippen LogP) is 4.41. The van der Waals surface area contributed by atoms with Crippen LogP contribution in [-0.4, -0.2) is 27.1 Å². The topological polar surface area (TPSA) is 78.8 Å². The lowest BCUT2D eigenvalue weighted by Gasteiger charge is -2.24. The van der Waals surface area contributed by atoms with E-state index in [1.54, 1.807) is 30.3 Å². The molecule has 3 rings (SSSR count). The summed E-state index contributed by atoms with van der Waals surface area (Å²) in [7, 11) is -3.95. The first-order valence-electron chi connectivity index (χ1n) is 9.49. The van der Waals surface area contributed by atoms with Gasteiger partial charge in [-0.15, -0.1) is 0 Å². The molecule has 8 heteroatoms. The van der Waals surface area contributed by atoms with Crippen molar-refractivity contribution in [1.82, 2.24) is 5.43 Å². The van der Waals surface area contributed by atoms with Crippen LogP contribution in [0, 0.1) is 13.8 Å². The first kappa shape index (κ1) is 22.7. The second-order valence-corrected chi connectivity index (χ2v) is 9.79. The molecule has 0 saturated carbocycles. The monoisotopic (exact) mass is 499 g/mol. The Kier molecular flexibility index (Phi) is 7.25. The molecule has 3 aromatic carbocycles. The number of halogens is 1. The minimum absolute atomic E-state index is 0.116. The Morgan fingerprint density at radius 2 is 1.68 bits per heavy atom. The zero-order chi connectivity index (χ0) is 22.4. The third-order valence-electron chi connectivity index (χ3n) is 4.46. The summed E-state index contributed by atoms with van der Waals surface area (Å²) in [5.41, 5.74) is 5.44. The van der Waals surface area contributed by atoms with Crippen molar-refractivity contribution in [3.63, 3.8) is 0 Å². The Morgan fingerprint density at radius 1 is 1.00 bits per heavy atom. The van der Waals surface area contributed by atoms with Gasteiger partial charge >= 0.3 is 0 Å². The fourth-order valence-corrected chi connectivity index (χ4v) is 4.51. The molecule has 0 heterocycles. The fraction of sp³-hybridized carbons (Fsp3) is 0.130. The number of hydrogen-bond acceptors (Lipinski definition) is 4. The molecule has 0 bridgehead atoms. The van der Waals surface area contributed by atoms with Crippen molar-refractivity contribution in [2.45, 2.75) is 18.7 Å². The zero-order valence-electron chi connectivity index (χ0n) is 17.1. The molecular formula is C23H22BrN3O3S. The van der Waals surface area contributed by atoms with Gasteiger partial charge in [-0.05, 0) is 61.4 Å². The van der Waals surface area contributed by atoms with Gasteiger partial charge in [0.25, 0.3) is 15.9 Å². The molecule has 0 radical (unpaired) electrons. The number of amides is 1. The van der Waals surface area contributed by atoms with Crippen molar-refractivity contribution in [3.8, 4) is 0 Å². The normalized spacial score (nSPS) is 11.5. The minimum atomic E-state index is -3.95. The smallest absolute Gasteiger partial charge is 0.264 e. The molecule has 1 amide bonds. The first-order valence-corrected chi connectivity index (χ1v) is 11.7. The molecule has 6 nitrogen and oxygen atoms in total. The highest BCUT2D eigenvalue weighted by Crippen LogP contribution is 2.24. The number of benzene rings is 3. The highest BCUT2D eigenvalue weighted by molar-refractivity contribution is 9.10. The van der Waals surface area contributed by atoms with Crippen molar-refractivity contribution in [2.75, 3.05) is 10.8 Å². The van der Waals surface area contributed by atoms with Gasteiger partial charge in [-0.25, -0.2) is 13.8 Å². The van der Waals surface area contributed by atoms with E-state index in [1.165, 1.54) is 18.3 Å². The van der Waals surface area contributed by atoms with Crippen LogP contribution in [0.2, 0.25) is 0 Å². The van der Waals surface area contributed by atoms with Crippen LogP contribution in [0.4, 0.5) is 5.69 Å². The molecule has 0 aromatic heterocycles. The van der Waals surface area contributed by atoms with Crippen LogP contribution < -0.4 is 9.73 Å². The molecule has 0 unspecified atom stereocenters. The van der Waals surface area contributed by atoms with Crippen LogP contribution in [0.1, 0.15) is 16.7 Å². The lowest BCUT2D eigenvalue weighted by molar-refractivity contribution is -0.119. The van der Waals surface area contributed by atoms with E-state index in [4.69, 9.17) is 0 Å². The van der Waals surface area contributed by atoms with Gasteiger partial charge in [-0.3, -0.25) is 9.10 Å². The molecule has 0 aliphatic heterocycles. The number of hydrazone groups is 1. The van der Waals surface area contributed by atoms with E-state index >= 15 is 0 Å². The van der Waals surface area contributed by atoms with Crippen LogP contribution in [0.25, 0.3) is 0 Å². The number of aryl methyl sites for hydroxylation is 2. The number of sulfonamides is 1. The van der Waals surface area contributed by atoms with E-state index in [0.29, 0.717) is 5.69 Å². The van der Waals surface area contributed by atoms with Crippen LogP contribution in [-0.2, 0) is 14.8 Å². The van der Waals surface area contributed by atoms with E-state index < -0.39 is 22.5 Å². The summed E-state index contributed by atoms with van der Waals surface area (Å²) < 4.78 is 28.7. The van der Waals surface area contributed by atoms with Gasteiger partial charge < -0.3 is 0 Å². The van der Waals surface area contributed by atoms with Gasteiger partial charge in [0, 0.05) is 4.47 Å². The molecular weight excluding hydrogens is 478 g/mol. The van der Waals surface area contributed by atoms with Crippen molar-refractivity contribution < 1.29 is 13.2 Å². The van der Waals surface area contributed by atoms with Gasteiger partial charge in [-0.2, -0.15) is 5.10 Å². The Morgan fingerprint density at radius 3 is 2.32 bits per heavy atom. The number of hydrogen-bond donors (Lipinski definition) is 1. The quantitative estimate of drug-likeness (QED) is 0.386. The van der Waals surface area contributed by atoms with E-state index in [9.17, 15) is 13.2 Å². The highest BCUT2D eigenvalue weighted by atomic mass is 79.9.